The van der Waals surface area contributed by atoms with Crippen molar-refractivity contribution in [3.8, 4) is 0 Å². The van der Waals surface area contributed by atoms with Crippen molar-refractivity contribution < 1.29 is 55.1 Å². The molecule has 16 heteroatoms. The van der Waals surface area contributed by atoms with Crippen molar-refractivity contribution in [2.45, 2.75) is 92.5 Å². The molecule has 2 saturated heterocycles. The number of pyridine rings is 1. The van der Waals surface area contributed by atoms with E-state index in [-0.39, 0.29) is 18.3 Å². The molecule has 2 aliphatic rings. The maximum atomic E-state index is 12.3. The number of hydrogen-bond acceptors (Lipinski definition) is 15. The molecular weight excluding hydrogens is 582 g/mol. The summed E-state index contributed by atoms with van der Waals surface area (Å²) in [5, 5.41) is 86.6. The van der Waals surface area contributed by atoms with Crippen LogP contribution in [0.25, 0.3) is 0 Å². The van der Waals surface area contributed by atoms with Crippen LogP contribution in [-0.2, 0) is 14.3 Å². The van der Waals surface area contributed by atoms with E-state index >= 15 is 0 Å². The molecule has 1 aromatic rings. The second-order valence-corrected chi connectivity index (χ2v) is 12.8. The Morgan fingerprint density at radius 2 is 1.83 bits per heavy atom. The van der Waals surface area contributed by atoms with Crippen LogP contribution in [0, 0.1) is 0 Å². The second kappa shape index (κ2) is 17.1. The van der Waals surface area contributed by atoms with Crippen LogP contribution >= 0.6 is 21.6 Å². The van der Waals surface area contributed by atoms with Crippen LogP contribution in [0.5, 0.6) is 0 Å². The highest BCUT2D eigenvalue weighted by Gasteiger charge is 2.46. The summed E-state index contributed by atoms with van der Waals surface area (Å²) in [5.74, 6) is 1.60. The molecule has 10 N–H and O–H groups in total. The van der Waals surface area contributed by atoms with E-state index in [9.17, 15) is 45.6 Å². The number of carbonyl (C=O) groups excluding carboxylic acids is 1. The first-order chi connectivity index (χ1) is 19.6. The van der Waals surface area contributed by atoms with Crippen LogP contribution in [0.3, 0.4) is 0 Å². The number of nitrogens with zero attached hydrogens (tertiary/aromatic N) is 1. The van der Waals surface area contributed by atoms with Crippen molar-refractivity contribution >= 4 is 39.1 Å². The number of carbonyl (C=O) groups is 1. The van der Waals surface area contributed by atoms with Gasteiger partial charge in [-0.15, -0.1) is 0 Å². The number of unbranched alkanes of at least 4 members (excludes halogenated alkanes) is 1. The smallest absolute Gasteiger partial charge is 0.225 e. The van der Waals surface area contributed by atoms with Gasteiger partial charge in [0.25, 0.3) is 0 Å². The molecule has 2 aliphatic heterocycles. The summed E-state index contributed by atoms with van der Waals surface area (Å²) in [7, 11) is 3.82. The summed E-state index contributed by atoms with van der Waals surface area (Å²) in [6.45, 7) is -1.91. The minimum Gasteiger partial charge on any atom is -0.394 e. The Balaban J connectivity index is 1.50. The average molecular weight is 624 g/mol. The van der Waals surface area contributed by atoms with Crippen LogP contribution in [0.15, 0.2) is 18.2 Å². The van der Waals surface area contributed by atoms with Crippen LogP contribution in [0.4, 0.5) is 11.6 Å². The highest BCUT2D eigenvalue weighted by Crippen LogP contribution is 2.39. The van der Waals surface area contributed by atoms with Crippen molar-refractivity contribution in [1.29, 1.82) is 0 Å². The molecule has 10 atom stereocenters. The van der Waals surface area contributed by atoms with Gasteiger partial charge in [-0.1, -0.05) is 34.1 Å². The number of amides is 1. The lowest BCUT2D eigenvalue weighted by Crippen LogP contribution is -2.61. The van der Waals surface area contributed by atoms with E-state index in [1.165, 1.54) is 12.2 Å². The maximum absolute atomic E-state index is 12.3. The molecule has 0 radical (unpaired) electrons. The zero-order chi connectivity index (χ0) is 29.9. The zero-order valence-corrected chi connectivity index (χ0v) is 24.1. The Kier molecular flexibility index (Phi) is 14.3. The standard InChI is InChI=1S/C25H41N3O11S2/c29-11-15(32)24(39-25-23(37)22(36)21(35)16(12-30)38-25)20(34)14(31)10-26-17-5-3-6-18(27-17)28-19(33)7-2-1-4-13-8-9-40-41-13/h3,5-6,13-16,20-25,29-32,34-37H,1-2,4,7-12H2,(H2,26,27,28,33)/t13?,14-,15+,16+,20+,21-,22-,23+,24+,25-/m0/s1. The van der Waals surface area contributed by atoms with Gasteiger partial charge >= 0.3 is 0 Å². The fraction of sp³-hybridized carbons (Fsp3) is 0.760. The summed E-state index contributed by atoms with van der Waals surface area (Å²) >= 11 is 0. The quantitative estimate of drug-likeness (QED) is 0.0738. The third-order valence-corrected chi connectivity index (χ3v) is 9.86. The molecule has 14 nitrogen and oxygen atoms in total. The van der Waals surface area contributed by atoms with Crippen molar-refractivity contribution in [2.24, 2.45) is 0 Å². The Morgan fingerprint density at radius 1 is 1.07 bits per heavy atom. The van der Waals surface area contributed by atoms with Gasteiger partial charge in [-0.25, -0.2) is 4.98 Å². The molecule has 1 amide bonds. The zero-order valence-electron chi connectivity index (χ0n) is 22.4. The van der Waals surface area contributed by atoms with Crippen molar-refractivity contribution in [1.82, 2.24) is 4.98 Å². The Labute approximate surface area is 245 Å². The Morgan fingerprint density at radius 3 is 2.51 bits per heavy atom. The summed E-state index contributed by atoms with van der Waals surface area (Å²) in [6.07, 6.45) is -10.7. The third-order valence-electron chi connectivity index (χ3n) is 6.85. The predicted molar refractivity (Wildman–Crippen MR) is 152 cm³/mol. The molecule has 0 bridgehead atoms. The summed E-state index contributed by atoms with van der Waals surface area (Å²) in [5.41, 5.74) is 0. The first-order valence-corrected chi connectivity index (χ1v) is 15.9. The molecule has 0 aliphatic carbocycles. The molecule has 41 heavy (non-hydrogen) atoms. The SMILES string of the molecule is O=C(CCCCC1CCSS1)Nc1cccc(NC[C@H](O)[C@@H](O)[C@H](O[C@@H]2O[C@H](CO)[C@H](O)[C@H](O)[C@H]2O)[C@H](O)CO)n1. The lowest BCUT2D eigenvalue weighted by Gasteiger charge is -2.42. The van der Waals surface area contributed by atoms with Crippen molar-refractivity contribution in [2.75, 3.05) is 36.1 Å². The van der Waals surface area contributed by atoms with E-state index in [0.29, 0.717) is 17.5 Å². The minimum absolute atomic E-state index is 0.162. The average Bonchev–Trinajstić information content (AvgIpc) is 3.50. The van der Waals surface area contributed by atoms with Gasteiger partial charge in [-0.2, -0.15) is 0 Å². The fourth-order valence-electron chi connectivity index (χ4n) is 4.42. The molecule has 0 saturated carbocycles. The summed E-state index contributed by atoms with van der Waals surface area (Å²) < 4.78 is 10.6. The molecule has 0 aromatic carbocycles. The largest absolute Gasteiger partial charge is 0.394 e. The molecule has 1 aromatic heterocycles. The van der Waals surface area contributed by atoms with Crippen LogP contribution in [0.1, 0.15) is 32.1 Å². The third kappa shape index (κ3) is 10.1. The fourth-order valence-corrected chi connectivity index (χ4v) is 7.44. The first-order valence-electron chi connectivity index (χ1n) is 13.5. The van der Waals surface area contributed by atoms with Gasteiger partial charge in [0.2, 0.25) is 5.91 Å². The van der Waals surface area contributed by atoms with Gasteiger partial charge < -0.3 is 61.0 Å². The van der Waals surface area contributed by atoms with Crippen molar-refractivity contribution in [3.05, 3.63) is 18.2 Å². The van der Waals surface area contributed by atoms with Gasteiger partial charge in [-0.05, 0) is 31.4 Å². The molecular formula is C25H41N3O11S2. The number of nitrogens with one attached hydrogen (secondary N) is 2. The summed E-state index contributed by atoms with van der Waals surface area (Å²) in [4.78, 5) is 16.6. The van der Waals surface area contributed by atoms with Gasteiger partial charge in [-0.3, -0.25) is 4.79 Å². The molecule has 3 rings (SSSR count). The van der Waals surface area contributed by atoms with E-state index in [0.717, 1.165) is 19.3 Å². The number of aliphatic hydroxyl groups is 8. The first kappa shape index (κ1) is 34.2. The molecule has 3 heterocycles. The van der Waals surface area contributed by atoms with Gasteiger partial charge in [0.15, 0.2) is 6.29 Å². The second-order valence-electron chi connectivity index (χ2n) is 10.0. The van der Waals surface area contributed by atoms with Gasteiger partial charge in [0, 0.05) is 24.0 Å². The summed E-state index contributed by atoms with van der Waals surface area (Å²) in [6, 6.07) is 4.84. The van der Waals surface area contributed by atoms with Crippen LogP contribution in [0.2, 0.25) is 0 Å². The molecule has 234 valence electrons. The molecule has 1 unspecified atom stereocenters. The Hall–Kier alpha value is -1.28. The maximum Gasteiger partial charge on any atom is 0.225 e. The van der Waals surface area contributed by atoms with E-state index in [1.807, 2.05) is 21.6 Å². The van der Waals surface area contributed by atoms with E-state index in [2.05, 4.69) is 15.6 Å². The lowest BCUT2D eigenvalue weighted by atomic mass is 9.98. The highest BCUT2D eigenvalue weighted by molar-refractivity contribution is 8.77. The van der Waals surface area contributed by atoms with Crippen LogP contribution < -0.4 is 10.6 Å². The topological polar surface area (TPSA) is 234 Å². The monoisotopic (exact) mass is 623 g/mol. The van der Waals surface area contributed by atoms with E-state index in [4.69, 9.17) is 9.47 Å². The van der Waals surface area contributed by atoms with E-state index in [1.54, 1.807) is 18.2 Å². The number of aromatic nitrogens is 1. The number of ether oxygens (including phenoxy) is 2. The van der Waals surface area contributed by atoms with Crippen molar-refractivity contribution in [3.63, 3.8) is 0 Å². The number of rotatable bonds is 16. The number of aliphatic hydroxyl groups excluding tert-OH is 8. The Bertz CT molecular complexity index is 931. The molecule has 0 spiro atoms. The predicted octanol–water partition coefficient (Wildman–Crippen LogP) is -1.59. The van der Waals surface area contributed by atoms with Gasteiger partial charge in [0.05, 0.1) is 19.3 Å². The van der Waals surface area contributed by atoms with Gasteiger partial charge in [0.1, 0.15) is 54.4 Å². The minimum atomic E-state index is -1.83. The number of anilines is 2. The van der Waals surface area contributed by atoms with Crippen LogP contribution in [-0.4, -0.2) is 138 Å². The highest BCUT2D eigenvalue weighted by atomic mass is 33.1. The lowest BCUT2D eigenvalue weighted by molar-refractivity contribution is -0.326. The van der Waals surface area contributed by atoms with E-state index < -0.39 is 68.3 Å². The molecule has 2 fully saturated rings. The normalized spacial score (nSPS) is 29.5. The number of hydrogen-bond donors (Lipinski definition) is 10.